The predicted octanol–water partition coefficient (Wildman–Crippen LogP) is -0.780. The molecular formula is C10H12N2O2. The molecule has 0 aliphatic carbocycles. The molecule has 0 aliphatic heterocycles. The quantitative estimate of drug-likeness (QED) is 0.604. The van der Waals surface area contributed by atoms with Gasteiger partial charge in [0, 0.05) is 0 Å². The van der Waals surface area contributed by atoms with E-state index < -0.39 is 11.1 Å². The van der Waals surface area contributed by atoms with Crippen molar-refractivity contribution < 1.29 is 0 Å². The number of rotatable bonds is 2. The van der Waals surface area contributed by atoms with Gasteiger partial charge in [-0.25, -0.2) is 0 Å². The van der Waals surface area contributed by atoms with Gasteiger partial charge >= 0.3 is 11.1 Å². The molecule has 4 heteroatoms. The molecule has 1 aromatic rings. The lowest BCUT2D eigenvalue weighted by Crippen LogP contribution is -2.46. The summed E-state index contributed by atoms with van der Waals surface area (Å²) in [4.78, 5) is 27.0. The van der Waals surface area contributed by atoms with Crippen LogP contribution in [0.4, 0.5) is 0 Å². The van der Waals surface area contributed by atoms with Crippen molar-refractivity contribution >= 4 is 12.2 Å². The van der Waals surface area contributed by atoms with Gasteiger partial charge in [0.1, 0.15) is 0 Å². The molecule has 74 valence electrons. The maximum Gasteiger partial charge on any atom is 0.314 e. The number of aromatic nitrogens is 2. The summed E-state index contributed by atoms with van der Waals surface area (Å²) in [5.41, 5.74) is -1.28. The standard InChI is InChI=1S/C10H12N2O2/c1-3-5-7-8(6-4-2)12-10(14)9(13)11-7/h3,5-6H,1,4H2,2H3,(H,11,13)(H,12,14)/b7-5+,8-6+. The molecule has 14 heavy (non-hydrogen) atoms. The van der Waals surface area contributed by atoms with Crippen molar-refractivity contribution in [3.63, 3.8) is 0 Å². The number of hydrogen-bond donors (Lipinski definition) is 2. The molecule has 0 fully saturated rings. The summed E-state index contributed by atoms with van der Waals surface area (Å²) in [6, 6.07) is 0. The van der Waals surface area contributed by atoms with Crippen LogP contribution in [-0.2, 0) is 0 Å². The van der Waals surface area contributed by atoms with Crippen LogP contribution < -0.4 is 21.8 Å². The molecule has 0 aromatic carbocycles. The van der Waals surface area contributed by atoms with Crippen LogP contribution in [0.5, 0.6) is 0 Å². The molecule has 0 radical (unpaired) electrons. The minimum Gasteiger partial charge on any atom is -0.316 e. The Morgan fingerprint density at radius 3 is 2.29 bits per heavy atom. The second kappa shape index (κ2) is 4.41. The topological polar surface area (TPSA) is 65.7 Å². The zero-order valence-electron chi connectivity index (χ0n) is 7.96. The molecule has 1 rings (SSSR count). The van der Waals surface area contributed by atoms with E-state index in [1.165, 1.54) is 0 Å². The third kappa shape index (κ3) is 2.10. The highest BCUT2D eigenvalue weighted by atomic mass is 16.2. The molecule has 0 aliphatic rings. The van der Waals surface area contributed by atoms with Crippen molar-refractivity contribution in [1.29, 1.82) is 0 Å². The Bertz CT molecular complexity index is 549. The van der Waals surface area contributed by atoms with E-state index in [-0.39, 0.29) is 0 Å². The minimum atomic E-state index is -0.647. The van der Waals surface area contributed by atoms with Crippen molar-refractivity contribution in [2.45, 2.75) is 13.3 Å². The Hall–Kier alpha value is -1.84. The van der Waals surface area contributed by atoms with Crippen LogP contribution in [0.15, 0.2) is 22.2 Å². The summed E-state index contributed by atoms with van der Waals surface area (Å²) < 4.78 is 0. The normalized spacial score (nSPS) is 13.2. The van der Waals surface area contributed by atoms with Gasteiger partial charge in [-0.15, -0.1) is 0 Å². The fourth-order valence-electron chi connectivity index (χ4n) is 1.11. The first kappa shape index (κ1) is 10.2. The summed E-state index contributed by atoms with van der Waals surface area (Å²) in [6.45, 7) is 5.47. The molecule has 4 nitrogen and oxygen atoms in total. The molecule has 0 unspecified atom stereocenters. The van der Waals surface area contributed by atoms with E-state index in [0.29, 0.717) is 10.7 Å². The molecule has 2 N–H and O–H groups in total. The smallest absolute Gasteiger partial charge is 0.314 e. The van der Waals surface area contributed by atoms with E-state index in [1.807, 2.05) is 13.0 Å². The molecule has 0 spiro atoms. The van der Waals surface area contributed by atoms with Crippen LogP contribution in [0.2, 0.25) is 0 Å². The van der Waals surface area contributed by atoms with Gasteiger partial charge in [0.15, 0.2) is 0 Å². The molecule has 0 bridgehead atoms. The van der Waals surface area contributed by atoms with Crippen molar-refractivity contribution in [3.8, 4) is 0 Å². The first-order valence-corrected chi connectivity index (χ1v) is 4.34. The average Bonchev–Trinajstić information content (AvgIpc) is 2.14. The summed E-state index contributed by atoms with van der Waals surface area (Å²) in [7, 11) is 0. The Morgan fingerprint density at radius 2 is 1.79 bits per heavy atom. The highest BCUT2D eigenvalue weighted by Gasteiger charge is 1.92. The molecule has 0 saturated heterocycles. The fourth-order valence-corrected chi connectivity index (χ4v) is 1.11. The largest absolute Gasteiger partial charge is 0.316 e. The molecular weight excluding hydrogens is 180 g/mol. The summed E-state index contributed by atoms with van der Waals surface area (Å²) in [5.74, 6) is 0. The van der Waals surface area contributed by atoms with E-state index in [2.05, 4.69) is 16.5 Å². The van der Waals surface area contributed by atoms with E-state index >= 15 is 0 Å². The highest BCUT2D eigenvalue weighted by molar-refractivity contribution is 5.33. The van der Waals surface area contributed by atoms with E-state index in [0.717, 1.165) is 6.42 Å². The number of H-pyrrole nitrogens is 2. The van der Waals surface area contributed by atoms with Crippen molar-refractivity contribution in [3.05, 3.63) is 44.1 Å². The first-order valence-electron chi connectivity index (χ1n) is 4.34. The van der Waals surface area contributed by atoms with E-state index in [4.69, 9.17) is 0 Å². The summed E-state index contributed by atoms with van der Waals surface area (Å²) in [5, 5.41) is 1.20. The van der Waals surface area contributed by atoms with Gasteiger partial charge in [-0.3, -0.25) is 9.59 Å². The Kier molecular flexibility index (Phi) is 3.23. The summed E-state index contributed by atoms with van der Waals surface area (Å²) >= 11 is 0. The highest BCUT2D eigenvalue weighted by Crippen LogP contribution is 1.70. The zero-order chi connectivity index (χ0) is 10.6. The number of nitrogens with one attached hydrogen (secondary N) is 2. The molecule has 0 atom stereocenters. The van der Waals surface area contributed by atoms with Crippen molar-refractivity contribution in [2.24, 2.45) is 0 Å². The Balaban J connectivity index is 3.73. The van der Waals surface area contributed by atoms with Crippen molar-refractivity contribution in [1.82, 2.24) is 9.97 Å². The van der Waals surface area contributed by atoms with E-state index in [1.54, 1.807) is 12.2 Å². The second-order valence-electron chi connectivity index (χ2n) is 2.75. The van der Waals surface area contributed by atoms with Crippen LogP contribution in [0.3, 0.4) is 0 Å². The van der Waals surface area contributed by atoms with Gasteiger partial charge in [-0.2, -0.15) is 0 Å². The number of aromatic amines is 2. The van der Waals surface area contributed by atoms with Gasteiger partial charge in [0.2, 0.25) is 0 Å². The maximum atomic E-state index is 11.0. The predicted molar refractivity (Wildman–Crippen MR) is 56.4 cm³/mol. The minimum absolute atomic E-state index is 0.575. The van der Waals surface area contributed by atoms with Crippen LogP contribution in [0.1, 0.15) is 13.3 Å². The number of hydrogen-bond acceptors (Lipinski definition) is 2. The van der Waals surface area contributed by atoms with Gasteiger partial charge < -0.3 is 9.97 Å². The van der Waals surface area contributed by atoms with Crippen molar-refractivity contribution in [2.75, 3.05) is 0 Å². The molecule has 0 amide bonds. The molecule has 1 aromatic heterocycles. The monoisotopic (exact) mass is 192 g/mol. The fraction of sp³-hybridized carbons (Fsp3) is 0.200. The van der Waals surface area contributed by atoms with Crippen LogP contribution in [0, 0.1) is 0 Å². The lowest BCUT2D eigenvalue weighted by molar-refractivity contribution is 0.996. The Morgan fingerprint density at radius 1 is 1.21 bits per heavy atom. The molecule has 1 heterocycles. The van der Waals surface area contributed by atoms with Crippen LogP contribution in [-0.4, -0.2) is 9.97 Å². The second-order valence-corrected chi connectivity index (χ2v) is 2.75. The molecule has 0 saturated carbocycles. The lowest BCUT2D eigenvalue weighted by atomic mass is 10.3. The zero-order valence-corrected chi connectivity index (χ0v) is 7.96. The Labute approximate surface area is 80.3 Å². The van der Waals surface area contributed by atoms with Crippen LogP contribution >= 0.6 is 0 Å². The third-order valence-corrected chi connectivity index (χ3v) is 1.69. The average molecular weight is 192 g/mol. The van der Waals surface area contributed by atoms with Gasteiger partial charge in [0.25, 0.3) is 0 Å². The van der Waals surface area contributed by atoms with Gasteiger partial charge in [-0.1, -0.05) is 25.7 Å². The van der Waals surface area contributed by atoms with E-state index in [9.17, 15) is 9.59 Å². The maximum absolute atomic E-state index is 11.0. The summed E-state index contributed by atoms with van der Waals surface area (Å²) in [6.07, 6.45) is 5.79. The van der Waals surface area contributed by atoms with Gasteiger partial charge in [0.05, 0.1) is 10.7 Å². The first-order chi connectivity index (χ1) is 6.69. The van der Waals surface area contributed by atoms with Crippen LogP contribution in [0.25, 0.3) is 12.2 Å². The SMILES string of the molecule is C=C/C=c1/[nH]c(=O)c(=O)[nH]/c1=C/CC. The third-order valence-electron chi connectivity index (χ3n) is 1.69. The lowest BCUT2D eigenvalue weighted by Gasteiger charge is -1.89. The number of allylic oxidation sites excluding steroid dienone is 1. The van der Waals surface area contributed by atoms with Gasteiger partial charge in [-0.05, 0) is 12.5 Å².